The SMILES string of the molecule is CC1(C)C(=O)N(C2[C@H]3CC4C[C@H]2CC(O)(C4)C3)C1c1cccc(Cl)c1Cl. The smallest absolute Gasteiger partial charge is 0.231 e. The first-order valence-electron chi connectivity index (χ1n) is 9.70. The largest absolute Gasteiger partial charge is 0.390 e. The highest BCUT2D eigenvalue weighted by molar-refractivity contribution is 6.42. The molecule has 6 rings (SSSR count). The van der Waals surface area contributed by atoms with Crippen LogP contribution >= 0.6 is 23.2 Å². The minimum absolute atomic E-state index is 0.0432. The number of amides is 1. The second kappa shape index (κ2) is 5.40. The van der Waals surface area contributed by atoms with Gasteiger partial charge in [-0.05, 0) is 75.3 Å². The summed E-state index contributed by atoms with van der Waals surface area (Å²) in [5, 5.41) is 12.0. The van der Waals surface area contributed by atoms with Crippen LogP contribution in [0.3, 0.4) is 0 Å². The number of nitrogens with zero attached hydrogens (tertiary/aromatic N) is 1. The Labute approximate surface area is 164 Å². The van der Waals surface area contributed by atoms with Crippen molar-refractivity contribution >= 4 is 29.1 Å². The zero-order valence-corrected chi connectivity index (χ0v) is 16.7. The van der Waals surface area contributed by atoms with E-state index in [1.165, 1.54) is 0 Å². The van der Waals surface area contributed by atoms with E-state index in [1.54, 1.807) is 6.07 Å². The van der Waals surface area contributed by atoms with E-state index in [2.05, 4.69) is 4.90 Å². The van der Waals surface area contributed by atoms with Gasteiger partial charge in [-0.15, -0.1) is 0 Å². The molecule has 1 N–H and O–H groups in total. The van der Waals surface area contributed by atoms with E-state index in [1.807, 2.05) is 26.0 Å². The highest BCUT2D eigenvalue weighted by atomic mass is 35.5. The quantitative estimate of drug-likeness (QED) is 0.729. The zero-order valence-electron chi connectivity index (χ0n) is 15.2. The van der Waals surface area contributed by atoms with Crippen molar-refractivity contribution in [2.24, 2.45) is 23.2 Å². The van der Waals surface area contributed by atoms with Crippen molar-refractivity contribution in [1.82, 2.24) is 4.90 Å². The average Bonchev–Trinajstić information content (AvgIpc) is 2.55. The summed E-state index contributed by atoms with van der Waals surface area (Å²) in [6, 6.07) is 5.90. The second-order valence-electron chi connectivity index (χ2n) is 9.66. The van der Waals surface area contributed by atoms with E-state index in [0.717, 1.165) is 37.7 Å². The fraction of sp³-hybridized carbons (Fsp3) is 0.667. The third-order valence-electron chi connectivity index (χ3n) is 7.54. The van der Waals surface area contributed by atoms with Crippen LogP contribution in [0.5, 0.6) is 0 Å². The molecule has 3 nitrogen and oxygen atoms in total. The number of hydrogen-bond donors (Lipinski definition) is 1. The second-order valence-corrected chi connectivity index (χ2v) is 10.4. The van der Waals surface area contributed by atoms with Gasteiger partial charge in [0, 0.05) is 6.04 Å². The number of carbonyl (C=O) groups excluding carboxylic acids is 1. The van der Waals surface area contributed by atoms with Crippen molar-refractivity contribution in [3.8, 4) is 0 Å². The Balaban J connectivity index is 1.54. The van der Waals surface area contributed by atoms with Gasteiger partial charge < -0.3 is 10.0 Å². The van der Waals surface area contributed by atoms with Crippen molar-refractivity contribution < 1.29 is 9.90 Å². The Hall–Kier alpha value is -0.770. The zero-order chi connectivity index (χ0) is 18.4. The van der Waals surface area contributed by atoms with Gasteiger partial charge in [0.05, 0.1) is 27.1 Å². The minimum atomic E-state index is -0.486. The van der Waals surface area contributed by atoms with Gasteiger partial charge in [0.2, 0.25) is 5.91 Å². The van der Waals surface area contributed by atoms with E-state index in [0.29, 0.717) is 27.8 Å². The predicted molar refractivity (Wildman–Crippen MR) is 102 cm³/mol. The summed E-state index contributed by atoms with van der Waals surface area (Å²) in [4.78, 5) is 15.3. The van der Waals surface area contributed by atoms with Crippen molar-refractivity contribution in [3.05, 3.63) is 33.8 Å². The number of likely N-dealkylation sites (tertiary alicyclic amines) is 1. The fourth-order valence-corrected chi connectivity index (χ4v) is 7.25. The Bertz CT molecular complexity index is 776. The molecule has 4 bridgehead atoms. The highest BCUT2D eigenvalue weighted by Gasteiger charge is 2.64. The Morgan fingerprint density at radius 1 is 1.12 bits per heavy atom. The van der Waals surface area contributed by atoms with Crippen LogP contribution in [0.4, 0.5) is 0 Å². The number of benzene rings is 1. The monoisotopic (exact) mass is 393 g/mol. The molecular weight excluding hydrogens is 369 g/mol. The van der Waals surface area contributed by atoms with Gasteiger partial charge in [-0.1, -0.05) is 35.3 Å². The van der Waals surface area contributed by atoms with Crippen molar-refractivity contribution in [2.45, 2.75) is 63.6 Å². The molecule has 1 unspecified atom stereocenters. The van der Waals surface area contributed by atoms with Gasteiger partial charge >= 0.3 is 0 Å². The standard InChI is InChI=1S/C21H25Cl2NO2/c1-20(2)18(14-4-3-5-15(22)16(14)23)24(19(20)25)17-12-6-11-7-13(17)10-21(26,8-11)9-12/h3-5,11-13,17-18,26H,6-10H2,1-2H3/t11?,12-,13-,17?,18?,21?/m0/s1. The summed E-state index contributed by atoms with van der Waals surface area (Å²) < 4.78 is 0. The molecule has 4 aliphatic carbocycles. The summed E-state index contributed by atoms with van der Waals surface area (Å²) in [6.07, 6.45) is 4.92. The summed E-state index contributed by atoms with van der Waals surface area (Å²) in [5.74, 6) is 1.66. The molecule has 5 fully saturated rings. The Morgan fingerprint density at radius 3 is 2.38 bits per heavy atom. The van der Waals surface area contributed by atoms with Gasteiger partial charge in [-0.3, -0.25) is 4.79 Å². The molecule has 26 heavy (non-hydrogen) atoms. The topological polar surface area (TPSA) is 40.5 Å². The van der Waals surface area contributed by atoms with Crippen LogP contribution in [0.15, 0.2) is 18.2 Å². The van der Waals surface area contributed by atoms with Crippen LogP contribution in [0.1, 0.15) is 57.6 Å². The van der Waals surface area contributed by atoms with E-state index < -0.39 is 11.0 Å². The maximum atomic E-state index is 13.2. The van der Waals surface area contributed by atoms with Crippen LogP contribution in [0.2, 0.25) is 10.0 Å². The number of aliphatic hydroxyl groups is 1. The van der Waals surface area contributed by atoms with E-state index in [4.69, 9.17) is 23.2 Å². The number of carbonyl (C=O) groups is 1. The van der Waals surface area contributed by atoms with Crippen molar-refractivity contribution in [2.75, 3.05) is 0 Å². The van der Waals surface area contributed by atoms with Crippen molar-refractivity contribution in [3.63, 3.8) is 0 Å². The lowest BCUT2D eigenvalue weighted by Gasteiger charge is -2.66. The lowest BCUT2D eigenvalue weighted by Crippen LogP contribution is -2.71. The first kappa shape index (κ1) is 17.3. The molecule has 3 atom stereocenters. The predicted octanol–water partition coefficient (Wildman–Crippen LogP) is 4.84. The molecule has 0 spiro atoms. The maximum absolute atomic E-state index is 13.2. The van der Waals surface area contributed by atoms with Crippen LogP contribution in [0.25, 0.3) is 0 Å². The first-order valence-corrected chi connectivity index (χ1v) is 10.5. The molecular formula is C21H25Cl2NO2. The van der Waals surface area contributed by atoms with E-state index in [-0.39, 0.29) is 18.0 Å². The van der Waals surface area contributed by atoms with Gasteiger partial charge in [-0.2, -0.15) is 0 Å². The number of β-lactam (4-membered cyclic amide) rings is 1. The molecule has 5 aliphatic rings. The summed E-state index contributed by atoms with van der Waals surface area (Å²) in [5.41, 5.74) is -0.00392. The lowest BCUT2D eigenvalue weighted by atomic mass is 9.50. The summed E-state index contributed by atoms with van der Waals surface area (Å²) in [7, 11) is 0. The number of halogens is 2. The molecule has 5 heteroatoms. The summed E-state index contributed by atoms with van der Waals surface area (Å²) in [6.45, 7) is 4.02. The third-order valence-corrected chi connectivity index (χ3v) is 8.37. The first-order chi connectivity index (χ1) is 12.2. The molecule has 1 saturated heterocycles. The molecule has 1 heterocycles. The normalized spacial score (nSPS) is 42.9. The molecule has 1 aromatic carbocycles. The molecule has 1 amide bonds. The van der Waals surface area contributed by atoms with Gasteiger partial charge in [0.25, 0.3) is 0 Å². The average molecular weight is 394 g/mol. The fourth-order valence-electron chi connectivity index (χ4n) is 6.84. The maximum Gasteiger partial charge on any atom is 0.231 e. The van der Waals surface area contributed by atoms with E-state index >= 15 is 0 Å². The Kier molecular flexibility index (Phi) is 3.60. The number of rotatable bonds is 2. The molecule has 4 saturated carbocycles. The van der Waals surface area contributed by atoms with Gasteiger partial charge in [0.15, 0.2) is 0 Å². The molecule has 1 aromatic rings. The van der Waals surface area contributed by atoms with Crippen LogP contribution < -0.4 is 0 Å². The summed E-state index contributed by atoms with van der Waals surface area (Å²) >= 11 is 12.8. The van der Waals surface area contributed by atoms with Crippen LogP contribution in [0, 0.1) is 23.2 Å². The lowest BCUT2D eigenvalue weighted by molar-refractivity contribution is -0.208. The molecule has 1 aliphatic heterocycles. The van der Waals surface area contributed by atoms with Crippen molar-refractivity contribution in [1.29, 1.82) is 0 Å². The minimum Gasteiger partial charge on any atom is -0.390 e. The molecule has 0 radical (unpaired) electrons. The van der Waals surface area contributed by atoms with Gasteiger partial charge in [-0.25, -0.2) is 0 Å². The molecule has 140 valence electrons. The van der Waals surface area contributed by atoms with E-state index in [9.17, 15) is 9.90 Å². The third kappa shape index (κ3) is 2.20. The highest BCUT2D eigenvalue weighted by Crippen LogP contribution is 2.62. The van der Waals surface area contributed by atoms with Gasteiger partial charge in [0.1, 0.15) is 0 Å². The van der Waals surface area contributed by atoms with Crippen LogP contribution in [-0.2, 0) is 4.79 Å². The molecule has 0 aromatic heterocycles. The number of hydrogen-bond acceptors (Lipinski definition) is 2. The van der Waals surface area contributed by atoms with Crippen LogP contribution in [-0.4, -0.2) is 27.6 Å². The Morgan fingerprint density at radius 2 is 1.77 bits per heavy atom.